The number of nitro groups is 1. The molecular weight excluding hydrogens is 321 g/mol. The first-order valence-electron chi connectivity index (χ1n) is 4.46. The monoisotopic (exact) mass is 331 g/mol. The number of rotatable bonds is 2. The summed E-state index contributed by atoms with van der Waals surface area (Å²) in [5, 5.41) is 10.5. The summed E-state index contributed by atoms with van der Waals surface area (Å²) in [4.78, 5) is 13.1. The molecule has 0 spiro atoms. The molecule has 0 bridgehead atoms. The third kappa shape index (κ3) is 2.38. The van der Waals surface area contributed by atoms with E-state index in [4.69, 9.17) is 0 Å². The SMILES string of the molecule is C[n+]1cc[nH]c1-c1ccc([N+](=O)[O-])cc1.[I-]. The quantitative estimate of drug-likeness (QED) is 0.312. The Morgan fingerprint density at radius 1 is 1.31 bits per heavy atom. The first-order valence-corrected chi connectivity index (χ1v) is 4.46. The number of imidazole rings is 1. The van der Waals surface area contributed by atoms with Crippen LogP contribution in [0, 0.1) is 10.1 Å². The van der Waals surface area contributed by atoms with Crippen LogP contribution < -0.4 is 28.5 Å². The van der Waals surface area contributed by atoms with E-state index >= 15 is 0 Å². The van der Waals surface area contributed by atoms with Gasteiger partial charge in [-0.25, -0.2) is 9.55 Å². The molecule has 16 heavy (non-hydrogen) atoms. The smallest absolute Gasteiger partial charge is 0.286 e. The van der Waals surface area contributed by atoms with Gasteiger partial charge in [0.25, 0.3) is 11.5 Å². The number of H-pyrrole nitrogens is 1. The van der Waals surface area contributed by atoms with Crippen LogP contribution in [-0.4, -0.2) is 9.91 Å². The first-order chi connectivity index (χ1) is 7.18. The van der Waals surface area contributed by atoms with Crippen LogP contribution in [0.4, 0.5) is 5.69 Å². The molecule has 84 valence electrons. The summed E-state index contributed by atoms with van der Waals surface area (Å²) < 4.78 is 1.92. The Morgan fingerprint density at radius 3 is 2.38 bits per heavy atom. The van der Waals surface area contributed by atoms with E-state index in [1.165, 1.54) is 12.1 Å². The maximum absolute atomic E-state index is 10.5. The molecule has 1 heterocycles. The van der Waals surface area contributed by atoms with Crippen LogP contribution in [-0.2, 0) is 7.05 Å². The molecule has 0 atom stereocenters. The molecule has 0 radical (unpaired) electrons. The topological polar surface area (TPSA) is 62.8 Å². The minimum atomic E-state index is -0.404. The molecule has 0 amide bonds. The van der Waals surface area contributed by atoms with E-state index < -0.39 is 4.92 Å². The van der Waals surface area contributed by atoms with Crippen molar-refractivity contribution in [2.45, 2.75) is 0 Å². The van der Waals surface area contributed by atoms with Crippen LogP contribution in [0.5, 0.6) is 0 Å². The van der Waals surface area contributed by atoms with E-state index in [-0.39, 0.29) is 29.7 Å². The Labute approximate surface area is 109 Å². The zero-order chi connectivity index (χ0) is 10.8. The number of aryl methyl sites for hydroxylation is 1. The van der Waals surface area contributed by atoms with Crippen LogP contribution in [0.3, 0.4) is 0 Å². The maximum atomic E-state index is 10.5. The Bertz CT molecular complexity index is 493. The molecule has 1 aromatic heterocycles. The Hall–Kier alpha value is -1.44. The molecule has 1 N–H and O–H groups in total. The van der Waals surface area contributed by atoms with E-state index in [9.17, 15) is 10.1 Å². The van der Waals surface area contributed by atoms with Gasteiger partial charge in [-0.1, -0.05) is 0 Å². The molecule has 0 aliphatic rings. The van der Waals surface area contributed by atoms with Gasteiger partial charge in [0.1, 0.15) is 12.4 Å². The highest BCUT2D eigenvalue weighted by Crippen LogP contribution is 2.17. The van der Waals surface area contributed by atoms with Crippen molar-refractivity contribution >= 4 is 5.69 Å². The number of halogens is 1. The third-order valence-electron chi connectivity index (χ3n) is 2.22. The Morgan fingerprint density at radius 2 is 1.94 bits per heavy atom. The summed E-state index contributed by atoms with van der Waals surface area (Å²) in [6.45, 7) is 0. The summed E-state index contributed by atoms with van der Waals surface area (Å²) in [7, 11) is 1.91. The normalized spacial score (nSPS) is 9.56. The Kier molecular flexibility index (Phi) is 3.99. The van der Waals surface area contributed by atoms with Crippen molar-refractivity contribution in [1.82, 2.24) is 4.98 Å². The Balaban J connectivity index is 0.00000128. The lowest BCUT2D eigenvalue weighted by molar-refractivity contribution is -0.658. The number of nitrogens with one attached hydrogen (secondary N) is 1. The van der Waals surface area contributed by atoms with Gasteiger partial charge >= 0.3 is 0 Å². The average molecular weight is 331 g/mol. The lowest BCUT2D eigenvalue weighted by atomic mass is 10.2. The van der Waals surface area contributed by atoms with E-state index in [0.29, 0.717) is 0 Å². The molecule has 0 unspecified atom stereocenters. The second kappa shape index (κ2) is 5.06. The minimum Gasteiger partial charge on any atom is -1.00 e. The van der Waals surface area contributed by atoms with Crippen molar-refractivity contribution in [3.63, 3.8) is 0 Å². The van der Waals surface area contributed by atoms with E-state index in [0.717, 1.165) is 11.4 Å². The van der Waals surface area contributed by atoms with Crippen molar-refractivity contribution in [3.8, 4) is 11.4 Å². The van der Waals surface area contributed by atoms with Crippen molar-refractivity contribution in [2.75, 3.05) is 0 Å². The number of benzene rings is 1. The second-order valence-electron chi connectivity index (χ2n) is 3.22. The summed E-state index contributed by atoms with van der Waals surface area (Å²) >= 11 is 0. The zero-order valence-electron chi connectivity index (χ0n) is 8.55. The summed E-state index contributed by atoms with van der Waals surface area (Å²) in [6, 6.07) is 6.44. The van der Waals surface area contributed by atoms with Crippen molar-refractivity contribution in [1.29, 1.82) is 0 Å². The fourth-order valence-electron chi connectivity index (χ4n) is 1.43. The molecule has 5 nitrogen and oxygen atoms in total. The van der Waals surface area contributed by atoms with Crippen molar-refractivity contribution < 1.29 is 33.5 Å². The van der Waals surface area contributed by atoms with E-state index in [2.05, 4.69) is 4.98 Å². The van der Waals surface area contributed by atoms with Gasteiger partial charge in [0.2, 0.25) is 0 Å². The lowest BCUT2D eigenvalue weighted by Crippen LogP contribution is -3.00. The largest absolute Gasteiger partial charge is 1.00 e. The lowest BCUT2D eigenvalue weighted by Gasteiger charge is -1.95. The van der Waals surface area contributed by atoms with Crippen LogP contribution in [0.1, 0.15) is 0 Å². The van der Waals surface area contributed by atoms with Gasteiger partial charge in [0.15, 0.2) is 0 Å². The second-order valence-corrected chi connectivity index (χ2v) is 3.22. The number of hydrogen-bond acceptors (Lipinski definition) is 2. The first kappa shape index (κ1) is 12.6. The van der Waals surface area contributed by atoms with Gasteiger partial charge in [-0.15, -0.1) is 0 Å². The van der Waals surface area contributed by atoms with Gasteiger partial charge in [0, 0.05) is 12.1 Å². The molecule has 0 fully saturated rings. The molecule has 0 aliphatic heterocycles. The highest BCUT2D eigenvalue weighted by atomic mass is 127. The van der Waals surface area contributed by atoms with Gasteiger partial charge < -0.3 is 24.0 Å². The standard InChI is InChI=1S/C10H9N3O2.HI/c1-12-7-6-11-10(12)8-2-4-9(5-3-8)13(14)15;/h2-7H,1H3;1H. The van der Waals surface area contributed by atoms with Crippen LogP contribution in [0.25, 0.3) is 11.4 Å². The number of aromatic amines is 1. The number of nitro benzene ring substituents is 1. The molecular formula is C10H10IN3O2. The summed E-state index contributed by atoms with van der Waals surface area (Å²) in [5.41, 5.74) is 1.03. The number of nitrogens with zero attached hydrogens (tertiary/aromatic N) is 2. The van der Waals surface area contributed by atoms with Gasteiger partial charge in [-0.2, -0.15) is 0 Å². The van der Waals surface area contributed by atoms with E-state index in [1.54, 1.807) is 12.1 Å². The average Bonchev–Trinajstić information content (AvgIpc) is 2.65. The molecule has 0 saturated carbocycles. The van der Waals surface area contributed by atoms with Gasteiger partial charge in [-0.3, -0.25) is 10.1 Å². The van der Waals surface area contributed by atoms with Crippen LogP contribution >= 0.6 is 0 Å². The molecule has 1 aromatic carbocycles. The molecule has 2 aromatic rings. The number of aromatic nitrogens is 2. The third-order valence-corrected chi connectivity index (χ3v) is 2.22. The fourth-order valence-corrected chi connectivity index (χ4v) is 1.43. The number of hydrogen-bond donors (Lipinski definition) is 1. The molecule has 2 rings (SSSR count). The fraction of sp³-hybridized carbons (Fsp3) is 0.100. The molecule has 0 aliphatic carbocycles. The maximum Gasteiger partial charge on any atom is 0.286 e. The molecule has 0 saturated heterocycles. The number of non-ortho nitro benzene ring substituents is 1. The molecule has 6 heteroatoms. The van der Waals surface area contributed by atoms with Crippen LogP contribution in [0.2, 0.25) is 0 Å². The van der Waals surface area contributed by atoms with Gasteiger partial charge in [-0.05, 0) is 12.1 Å². The van der Waals surface area contributed by atoms with E-state index in [1.807, 2.05) is 24.0 Å². The summed E-state index contributed by atoms with van der Waals surface area (Å²) in [6.07, 6.45) is 3.70. The minimum absolute atomic E-state index is 0. The van der Waals surface area contributed by atoms with Crippen molar-refractivity contribution in [2.24, 2.45) is 7.05 Å². The zero-order valence-corrected chi connectivity index (χ0v) is 10.7. The van der Waals surface area contributed by atoms with Crippen molar-refractivity contribution in [3.05, 3.63) is 46.8 Å². The van der Waals surface area contributed by atoms with Gasteiger partial charge in [0.05, 0.1) is 17.5 Å². The highest BCUT2D eigenvalue weighted by molar-refractivity contribution is 5.54. The van der Waals surface area contributed by atoms with Crippen LogP contribution in [0.15, 0.2) is 36.7 Å². The highest BCUT2D eigenvalue weighted by Gasteiger charge is 2.11. The predicted molar refractivity (Wildman–Crippen MR) is 54.1 cm³/mol. The predicted octanol–water partition coefficient (Wildman–Crippen LogP) is -1.58. The summed E-state index contributed by atoms with van der Waals surface area (Å²) in [5.74, 6) is 0.921.